The van der Waals surface area contributed by atoms with E-state index in [2.05, 4.69) is 87.3 Å². The van der Waals surface area contributed by atoms with Gasteiger partial charge in [0.2, 0.25) is 11.8 Å². The van der Waals surface area contributed by atoms with Crippen LogP contribution in [0, 0.1) is 11.8 Å². The summed E-state index contributed by atoms with van der Waals surface area (Å²) in [4.78, 5) is 68.0. The quantitative estimate of drug-likeness (QED) is 0.142. The highest BCUT2D eigenvalue weighted by Crippen LogP contribution is 2.37. The molecule has 0 bridgehead atoms. The van der Waals surface area contributed by atoms with Crippen LogP contribution in [0.1, 0.15) is 70.8 Å². The maximum Gasteiger partial charge on any atom is 0.407 e. The first-order valence-corrected chi connectivity index (χ1v) is 20.2. The van der Waals surface area contributed by atoms with Crippen LogP contribution in [0.15, 0.2) is 77.9 Å². The molecule has 0 radical (unpaired) electrons. The molecule has 3 aromatic carbocycles. The molecule has 1 aromatic heterocycles. The van der Waals surface area contributed by atoms with E-state index < -0.39 is 24.3 Å². The zero-order chi connectivity index (χ0) is 41.1. The smallest absolute Gasteiger partial charge is 0.407 e. The predicted molar refractivity (Wildman–Crippen MR) is 222 cm³/mol. The molecule has 13 heteroatoms. The molecule has 3 aliphatic rings. The van der Waals surface area contributed by atoms with E-state index in [1.807, 2.05) is 43.7 Å². The van der Waals surface area contributed by atoms with Gasteiger partial charge in [-0.1, -0.05) is 82.3 Å². The highest BCUT2D eigenvalue weighted by Gasteiger charge is 2.40. The molecular weight excluding hydrogens is 735 g/mol. The van der Waals surface area contributed by atoms with Crippen LogP contribution in [0.4, 0.5) is 15.3 Å². The molecule has 4 aromatic rings. The fraction of sp³-hybridized carbons (Fsp3) is 0.422. The van der Waals surface area contributed by atoms with E-state index >= 15 is 0 Å². The number of alkyl carbamates (subject to hydrolysis) is 2. The van der Waals surface area contributed by atoms with Crippen molar-refractivity contribution in [1.29, 1.82) is 0 Å². The van der Waals surface area contributed by atoms with Crippen LogP contribution < -0.4 is 10.6 Å². The van der Waals surface area contributed by atoms with Crippen molar-refractivity contribution >= 4 is 35.4 Å². The van der Waals surface area contributed by atoms with Gasteiger partial charge in [0.25, 0.3) is 0 Å². The van der Waals surface area contributed by atoms with Crippen molar-refractivity contribution in [2.45, 2.75) is 84.0 Å². The number of hydrogen-bond donors (Lipinski definition) is 3. The molecule has 0 saturated carbocycles. The molecule has 3 aliphatic heterocycles. The van der Waals surface area contributed by atoms with Crippen LogP contribution in [0.2, 0.25) is 0 Å². The van der Waals surface area contributed by atoms with Gasteiger partial charge in [-0.05, 0) is 83.0 Å². The number of methoxy groups -OCH3 is 2. The Kier molecular flexibility index (Phi) is 12.0. The molecule has 4 heterocycles. The highest BCUT2D eigenvalue weighted by atomic mass is 16.5. The zero-order valence-corrected chi connectivity index (χ0v) is 34.1. The molecule has 304 valence electrons. The molecule has 2 saturated heterocycles. The number of ether oxygens (including phenoxy) is 2. The molecule has 2 fully saturated rings. The Morgan fingerprint density at radius 3 is 1.71 bits per heavy atom. The second kappa shape index (κ2) is 17.3. The van der Waals surface area contributed by atoms with Gasteiger partial charge < -0.3 is 34.9 Å². The molecule has 0 spiro atoms. The number of nitrogens with one attached hydrogen (secondary N) is 3. The van der Waals surface area contributed by atoms with Gasteiger partial charge in [0.15, 0.2) is 0 Å². The number of carbonyl (C=O) groups is 4. The Hall–Kier alpha value is -5.98. The first-order valence-electron chi connectivity index (χ1n) is 20.2. The van der Waals surface area contributed by atoms with Gasteiger partial charge in [-0.3, -0.25) is 14.6 Å². The number of aliphatic imine (C=N–C) groups is 1. The highest BCUT2D eigenvalue weighted by molar-refractivity contribution is 6.01. The topological polar surface area (TPSA) is 158 Å². The summed E-state index contributed by atoms with van der Waals surface area (Å²) in [6.07, 6.45) is 4.64. The molecule has 0 aliphatic carbocycles. The third kappa shape index (κ3) is 8.34. The number of fused-ring (bicyclic) bond motifs is 1. The number of nitrogens with zero attached hydrogens (tertiary/aromatic N) is 4. The van der Waals surface area contributed by atoms with Gasteiger partial charge in [0.1, 0.15) is 17.9 Å². The zero-order valence-electron chi connectivity index (χ0n) is 34.1. The number of aromatic amines is 1. The minimum absolute atomic E-state index is 0.0852. The van der Waals surface area contributed by atoms with E-state index in [-0.39, 0.29) is 35.7 Å². The van der Waals surface area contributed by atoms with Crippen LogP contribution in [0.25, 0.3) is 33.5 Å². The summed E-state index contributed by atoms with van der Waals surface area (Å²) in [5.74, 6) is 0.315. The predicted octanol–water partition coefficient (Wildman–Crippen LogP) is 7.46. The number of likely N-dealkylation sites (tertiary alicyclic amines) is 2. The van der Waals surface area contributed by atoms with Crippen molar-refractivity contribution in [3.8, 4) is 33.5 Å². The molecule has 4 atom stereocenters. The van der Waals surface area contributed by atoms with Crippen LogP contribution in [-0.2, 0) is 25.5 Å². The largest absolute Gasteiger partial charge is 0.453 e. The molecular formula is C45H53N7O6. The van der Waals surface area contributed by atoms with E-state index in [1.165, 1.54) is 14.2 Å². The van der Waals surface area contributed by atoms with E-state index in [9.17, 15) is 19.2 Å². The number of H-pyrrole nitrogens is 1. The van der Waals surface area contributed by atoms with E-state index in [4.69, 9.17) is 14.5 Å². The van der Waals surface area contributed by atoms with Gasteiger partial charge in [0, 0.05) is 25.2 Å². The first-order chi connectivity index (χ1) is 27.9. The van der Waals surface area contributed by atoms with Crippen LogP contribution >= 0.6 is 0 Å². The summed E-state index contributed by atoms with van der Waals surface area (Å²) in [5, 5.41) is 5.43. The van der Waals surface area contributed by atoms with Crippen molar-refractivity contribution < 1.29 is 28.7 Å². The Balaban J connectivity index is 0.989. The molecule has 58 heavy (non-hydrogen) atoms. The van der Waals surface area contributed by atoms with Crippen molar-refractivity contribution in [3.05, 3.63) is 84.3 Å². The summed E-state index contributed by atoms with van der Waals surface area (Å²) >= 11 is 0. The lowest BCUT2D eigenvalue weighted by Gasteiger charge is -2.30. The number of aromatic nitrogens is 2. The normalized spacial score (nSPS) is 18.5. The molecule has 3 N–H and O–H groups in total. The second-order valence-corrected chi connectivity index (χ2v) is 16.1. The third-order valence-electron chi connectivity index (χ3n) is 11.6. The number of carbonyl (C=O) groups excluding carboxylic acids is 4. The average Bonchev–Trinajstić information content (AvgIpc) is 4.07. The van der Waals surface area contributed by atoms with Crippen molar-refractivity contribution in [2.75, 3.05) is 27.3 Å². The van der Waals surface area contributed by atoms with Gasteiger partial charge in [-0.15, -0.1) is 0 Å². The molecule has 0 unspecified atom stereocenters. The minimum atomic E-state index is -0.683. The fourth-order valence-corrected chi connectivity index (χ4v) is 8.40. The summed E-state index contributed by atoms with van der Waals surface area (Å²) < 4.78 is 9.54. The van der Waals surface area contributed by atoms with E-state index in [0.717, 1.165) is 82.0 Å². The number of benzene rings is 3. The van der Waals surface area contributed by atoms with Crippen molar-refractivity contribution in [2.24, 2.45) is 16.8 Å². The number of hydrogen-bond acceptors (Lipinski definition) is 8. The lowest BCUT2D eigenvalue weighted by molar-refractivity contribution is -0.135. The maximum absolute atomic E-state index is 13.6. The summed E-state index contributed by atoms with van der Waals surface area (Å²) in [5.41, 5.74) is 9.33. The van der Waals surface area contributed by atoms with Gasteiger partial charge in [-0.25, -0.2) is 14.6 Å². The Morgan fingerprint density at radius 2 is 1.17 bits per heavy atom. The Labute approximate surface area is 339 Å². The number of rotatable bonds is 11. The molecule has 7 rings (SSSR count). The minimum Gasteiger partial charge on any atom is -0.453 e. The summed E-state index contributed by atoms with van der Waals surface area (Å²) in [6.45, 7) is 8.89. The lowest BCUT2D eigenvalue weighted by atomic mass is 9.96. The van der Waals surface area contributed by atoms with E-state index in [1.54, 1.807) is 0 Å². The molecule has 4 amide bonds. The Morgan fingerprint density at radius 1 is 0.690 bits per heavy atom. The van der Waals surface area contributed by atoms with Crippen LogP contribution in [0.5, 0.6) is 0 Å². The van der Waals surface area contributed by atoms with Crippen LogP contribution in [0.3, 0.4) is 0 Å². The second-order valence-electron chi connectivity index (χ2n) is 16.1. The molecule has 13 nitrogen and oxygen atoms in total. The van der Waals surface area contributed by atoms with Crippen LogP contribution in [-0.4, -0.2) is 94.9 Å². The van der Waals surface area contributed by atoms with Crippen molar-refractivity contribution in [1.82, 2.24) is 30.4 Å². The van der Waals surface area contributed by atoms with Gasteiger partial charge >= 0.3 is 12.2 Å². The monoisotopic (exact) mass is 787 g/mol. The fourth-order valence-electron chi connectivity index (χ4n) is 8.40. The number of amides is 4. The summed E-state index contributed by atoms with van der Waals surface area (Å²) in [6, 6.07) is 21.6. The number of imidazole rings is 1. The Bertz CT molecular complexity index is 2180. The van der Waals surface area contributed by atoms with E-state index in [0.29, 0.717) is 19.5 Å². The first kappa shape index (κ1) is 40.2. The summed E-state index contributed by atoms with van der Waals surface area (Å²) in [7, 11) is 2.60. The third-order valence-corrected chi connectivity index (χ3v) is 11.6. The van der Waals surface area contributed by atoms with Crippen molar-refractivity contribution in [3.63, 3.8) is 0 Å². The standard InChI is InChI=1S/C45H53N7O6/c1-26(2)39(49-44(55)57-5)42(53)51-21-7-9-37(51)35-24-33-23-32(19-20-34(33)47-35)30-13-11-28(12-14-30)29-15-17-31(18-16-29)36-25-46-41(48-36)38-10-8-22-52(38)43(54)40(27(3)4)50-45(56)58-6/h11-20,23,25-27,37-40H,7-10,21-22,24H2,1-6H3,(H,46,48)(H,49,55)(H,50,56)/t37-,38-,39-,40-/m0/s1. The van der Waals surface area contributed by atoms with Gasteiger partial charge in [0.05, 0.1) is 43.9 Å². The maximum atomic E-state index is 13.6. The average molecular weight is 788 g/mol. The van der Waals surface area contributed by atoms with Gasteiger partial charge in [-0.2, -0.15) is 0 Å². The lowest BCUT2D eigenvalue weighted by Crippen LogP contribution is -2.53. The SMILES string of the molecule is COC(=O)N[C@H](C(=O)N1CCC[C@H]1C1=Nc2ccc(-c3ccc(-c4ccc(-c5cnc([C@@H]6CCCN6C(=O)[C@@H](NC(=O)OC)C(C)C)[nH]5)cc4)cc3)cc2C1)C(C)C.